The molecule has 2 fully saturated rings. The van der Waals surface area contributed by atoms with Crippen LogP contribution >= 0.6 is 0 Å². The van der Waals surface area contributed by atoms with Crippen molar-refractivity contribution >= 4 is 11.9 Å². The van der Waals surface area contributed by atoms with Crippen LogP contribution in [0.4, 0.5) is 0 Å². The van der Waals surface area contributed by atoms with Gasteiger partial charge in [-0.2, -0.15) is 0 Å². The number of fused-ring (bicyclic) bond motifs is 1. The third kappa shape index (κ3) is 1.82. The van der Waals surface area contributed by atoms with Crippen LogP contribution in [-0.2, 0) is 19.1 Å². The molecule has 0 heterocycles. The highest BCUT2D eigenvalue weighted by molar-refractivity contribution is 5.86. The van der Waals surface area contributed by atoms with Crippen molar-refractivity contribution < 1.29 is 19.1 Å². The van der Waals surface area contributed by atoms with Crippen LogP contribution in [0.1, 0.15) is 26.7 Å². The van der Waals surface area contributed by atoms with Gasteiger partial charge < -0.3 is 15.2 Å². The standard InChI is InChI=1S/C12H19NO4/c1-3-16-10(14)8-7-5-6-12(13,9(7)8)11(15)17-4-2/h7-9H,3-6,13H2,1-2H3/t7-,8-,9-,12+/m0/s1. The molecule has 0 radical (unpaired) electrons. The van der Waals surface area contributed by atoms with Crippen molar-refractivity contribution in [1.29, 1.82) is 0 Å². The first-order valence-electron chi connectivity index (χ1n) is 6.19. The van der Waals surface area contributed by atoms with Gasteiger partial charge in [-0.1, -0.05) is 0 Å². The van der Waals surface area contributed by atoms with Crippen LogP contribution in [0.5, 0.6) is 0 Å². The first-order chi connectivity index (χ1) is 8.06. The normalized spacial score (nSPS) is 38.4. The third-order valence-corrected chi connectivity index (χ3v) is 3.87. The van der Waals surface area contributed by atoms with Crippen molar-refractivity contribution in [3.8, 4) is 0 Å². The average Bonchev–Trinajstić information content (AvgIpc) is 2.93. The van der Waals surface area contributed by atoms with E-state index in [1.807, 2.05) is 0 Å². The van der Waals surface area contributed by atoms with Crippen LogP contribution in [0.3, 0.4) is 0 Å². The van der Waals surface area contributed by atoms with E-state index in [9.17, 15) is 9.59 Å². The molecular weight excluding hydrogens is 222 g/mol. The minimum atomic E-state index is -0.974. The molecule has 17 heavy (non-hydrogen) atoms. The predicted molar refractivity (Wildman–Crippen MR) is 59.9 cm³/mol. The molecular formula is C12H19NO4. The molecule has 0 spiro atoms. The van der Waals surface area contributed by atoms with Gasteiger partial charge in [0.2, 0.25) is 0 Å². The van der Waals surface area contributed by atoms with Crippen molar-refractivity contribution in [1.82, 2.24) is 0 Å². The third-order valence-electron chi connectivity index (χ3n) is 3.87. The molecule has 2 saturated carbocycles. The van der Waals surface area contributed by atoms with E-state index in [-0.39, 0.29) is 29.7 Å². The Morgan fingerprint density at radius 2 is 1.94 bits per heavy atom. The highest BCUT2D eigenvalue weighted by Crippen LogP contribution is 2.62. The second kappa shape index (κ2) is 4.29. The van der Waals surface area contributed by atoms with Crippen molar-refractivity contribution in [2.24, 2.45) is 23.5 Å². The van der Waals surface area contributed by atoms with Gasteiger partial charge in [0, 0.05) is 5.92 Å². The molecule has 96 valence electrons. The zero-order valence-electron chi connectivity index (χ0n) is 10.3. The van der Waals surface area contributed by atoms with Crippen molar-refractivity contribution in [2.75, 3.05) is 13.2 Å². The minimum Gasteiger partial charge on any atom is -0.466 e. The average molecular weight is 241 g/mol. The lowest BCUT2D eigenvalue weighted by atomic mass is 9.91. The first kappa shape index (κ1) is 12.4. The number of esters is 2. The van der Waals surface area contributed by atoms with Crippen LogP contribution in [0.2, 0.25) is 0 Å². The second-order valence-corrected chi connectivity index (χ2v) is 4.77. The lowest BCUT2D eigenvalue weighted by Crippen LogP contribution is -2.50. The van der Waals surface area contributed by atoms with E-state index in [4.69, 9.17) is 15.2 Å². The highest BCUT2D eigenvalue weighted by Gasteiger charge is 2.70. The molecule has 2 rings (SSSR count). The summed E-state index contributed by atoms with van der Waals surface area (Å²) in [4.78, 5) is 23.5. The Morgan fingerprint density at radius 3 is 2.53 bits per heavy atom. The molecule has 5 nitrogen and oxygen atoms in total. The fourth-order valence-corrected chi connectivity index (χ4v) is 3.07. The van der Waals surface area contributed by atoms with Crippen molar-refractivity contribution in [2.45, 2.75) is 32.2 Å². The maximum Gasteiger partial charge on any atom is 0.326 e. The predicted octanol–water partition coefficient (Wildman–Crippen LogP) is 0.466. The van der Waals surface area contributed by atoms with Crippen LogP contribution in [0.15, 0.2) is 0 Å². The second-order valence-electron chi connectivity index (χ2n) is 4.77. The Morgan fingerprint density at radius 1 is 1.29 bits per heavy atom. The molecule has 0 aromatic carbocycles. The maximum absolute atomic E-state index is 11.8. The fourth-order valence-electron chi connectivity index (χ4n) is 3.07. The number of carbonyl (C=O) groups excluding carboxylic acids is 2. The van der Waals surface area contributed by atoms with Crippen LogP contribution in [-0.4, -0.2) is 30.7 Å². The first-order valence-corrected chi connectivity index (χ1v) is 6.19. The van der Waals surface area contributed by atoms with E-state index in [1.54, 1.807) is 13.8 Å². The zero-order valence-corrected chi connectivity index (χ0v) is 10.3. The van der Waals surface area contributed by atoms with Gasteiger partial charge in [-0.25, -0.2) is 0 Å². The van der Waals surface area contributed by atoms with Crippen LogP contribution in [0.25, 0.3) is 0 Å². The Balaban J connectivity index is 2.04. The smallest absolute Gasteiger partial charge is 0.326 e. The minimum absolute atomic E-state index is 0.0828. The Hall–Kier alpha value is -1.10. The quantitative estimate of drug-likeness (QED) is 0.724. The largest absolute Gasteiger partial charge is 0.466 e. The summed E-state index contributed by atoms with van der Waals surface area (Å²) in [6.45, 7) is 4.21. The monoisotopic (exact) mass is 241 g/mol. The van der Waals surface area contributed by atoms with Crippen molar-refractivity contribution in [3.05, 3.63) is 0 Å². The van der Waals surface area contributed by atoms with Gasteiger partial charge in [-0.15, -0.1) is 0 Å². The molecule has 2 aliphatic rings. The number of ether oxygens (including phenoxy) is 2. The van der Waals surface area contributed by atoms with E-state index in [0.29, 0.717) is 19.6 Å². The van der Waals surface area contributed by atoms with Crippen molar-refractivity contribution in [3.63, 3.8) is 0 Å². The number of hydrogen-bond acceptors (Lipinski definition) is 5. The Labute approximate surface area is 101 Å². The molecule has 0 aromatic rings. The topological polar surface area (TPSA) is 78.6 Å². The van der Waals surface area contributed by atoms with Crippen LogP contribution in [0, 0.1) is 17.8 Å². The summed E-state index contributed by atoms with van der Waals surface area (Å²) in [5.41, 5.74) is 5.14. The molecule has 0 aliphatic heterocycles. The van der Waals surface area contributed by atoms with E-state index in [2.05, 4.69) is 0 Å². The molecule has 0 saturated heterocycles. The fraction of sp³-hybridized carbons (Fsp3) is 0.833. The SMILES string of the molecule is CCOC(=O)[C@H]1[C@@H]2CC[C@](N)(C(=O)OCC)[C@@H]21. The molecule has 2 aliphatic carbocycles. The van der Waals surface area contributed by atoms with E-state index >= 15 is 0 Å². The van der Waals surface area contributed by atoms with Gasteiger partial charge in [0.1, 0.15) is 5.54 Å². The summed E-state index contributed by atoms with van der Waals surface area (Å²) in [5, 5.41) is 0. The van der Waals surface area contributed by atoms with Gasteiger partial charge in [0.25, 0.3) is 0 Å². The van der Waals surface area contributed by atoms with E-state index in [1.165, 1.54) is 0 Å². The summed E-state index contributed by atoms with van der Waals surface area (Å²) in [6.07, 6.45) is 1.42. The lowest BCUT2D eigenvalue weighted by Gasteiger charge is -2.24. The van der Waals surface area contributed by atoms with E-state index < -0.39 is 5.54 Å². The molecule has 0 bridgehead atoms. The number of carbonyl (C=O) groups is 2. The maximum atomic E-state index is 11.8. The summed E-state index contributed by atoms with van der Waals surface area (Å²) in [5.74, 6) is -0.664. The zero-order chi connectivity index (χ0) is 12.6. The molecule has 4 atom stereocenters. The molecule has 0 aromatic heterocycles. The summed E-state index contributed by atoms with van der Waals surface area (Å²) < 4.78 is 9.99. The lowest BCUT2D eigenvalue weighted by molar-refractivity contribution is -0.151. The Bertz CT molecular complexity index is 343. The summed E-state index contributed by atoms with van der Waals surface area (Å²) in [7, 11) is 0. The van der Waals surface area contributed by atoms with Gasteiger partial charge in [-0.3, -0.25) is 9.59 Å². The van der Waals surface area contributed by atoms with Gasteiger partial charge in [0.15, 0.2) is 0 Å². The number of nitrogens with two attached hydrogens (primary N) is 1. The summed E-state index contributed by atoms with van der Waals surface area (Å²) in [6, 6.07) is 0. The van der Waals surface area contributed by atoms with Gasteiger partial charge in [-0.05, 0) is 32.6 Å². The van der Waals surface area contributed by atoms with Crippen LogP contribution < -0.4 is 5.73 Å². The highest BCUT2D eigenvalue weighted by atomic mass is 16.5. The van der Waals surface area contributed by atoms with Gasteiger partial charge in [0.05, 0.1) is 19.1 Å². The summed E-state index contributed by atoms with van der Waals surface area (Å²) >= 11 is 0. The molecule has 0 unspecified atom stereocenters. The molecule has 2 N–H and O–H groups in total. The van der Waals surface area contributed by atoms with E-state index in [0.717, 1.165) is 6.42 Å². The Kier molecular flexibility index (Phi) is 3.12. The molecule has 0 amide bonds. The number of hydrogen-bond donors (Lipinski definition) is 1. The number of rotatable bonds is 4. The molecule has 5 heteroatoms. The van der Waals surface area contributed by atoms with Gasteiger partial charge >= 0.3 is 11.9 Å².